The molecule has 0 fully saturated rings. The molecule has 1 aliphatic carbocycles. The van der Waals surface area contributed by atoms with E-state index in [0.29, 0.717) is 6.61 Å². The minimum Gasteiger partial charge on any atom is -0.396 e. The number of aliphatic hydroxyl groups excluding tert-OH is 1. The Labute approximate surface area is 62.8 Å². The molecule has 1 atom stereocenters. The Morgan fingerprint density at radius 1 is 1.70 bits per heavy atom. The fourth-order valence-electron chi connectivity index (χ4n) is 1.39. The van der Waals surface area contributed by atoms with E-state index in [1.165, 1.54) is 24.8 Å². The van der Waals surface area contributed by atoms with Crippen molar-refractivity contribution in [2.75, 3.05) is 6.61 Å². The van der Waals surface area contributed by atoms with Crippen LogP contribution in [0.3, 0.4) is 0 Å². The van der Waals surface area contributed by atoms with Gasteiger partial charge in [0, 0.05) is 6.61 Å². The van der Waals surface area contributed by atoms with Gasteiger partial charge in [0.15, 0.2) is 0 Å². The third-order valence-corrected chi connectivity index (χ3v) is 2.20. The maximum Gasteiger partial charge on any atom is 0.0468 e. The average molecular weight is 140 g/mol. The topological polar surface area (TPSA) is 20.2 Å². The second-order valence-corrected chi connectivity index (χ2v) is 3.22. The monoisotopic (exact) mass is 140 g/mol. The van der Waals surface area contributed by atoms with Crippen molar-refractivity contribution in [1.82, 2.24) is 0 Å². The van der Waals surface area contributed by atoms with Gasteiger partial charge in [0.1, 0.15) is 0 Å². The van der Waals surface area contributed by atoms with Gasteiger partial charge in [-0.3, -0.25) is 0 Å². The lowest BCUT2D eigenvalue weighted by molar-refractivity contribution is 0.295. The van der Waals surface area contributed by atoms with Crippen LogP contribution in [0.5, 0.6) is 0 Å². The first-order valence-corrected chi connectivity index (χ1v) is 4.11. The van der Waals surface area contributed by atoms with E-state index in [1.54, 1.807) is 0 Å². The lowest BCUT2D eigenvalue weighted by Crippen LogP contribution is -2.02. The standard InChI is InChI=1S/C9H16O/c1-8-2-4-9(5-3-8)6-7-10/h4,8,10H,2-3,5-7H2,1H3. The van der Waals surface area contributed by atoms with E-state index in [2.05, 4.69) is 13.0 Å². The van der Waals surface area contributed by atoms with Gasteiger partial charge in [0.05, 0.1) is 0 Å². The summed E-state index contributed by atoms with van der Waals surface area (Å²) >= 11 is 0. The maximum absolute atomic E-state index is 8.64. The van der Waals surface area contributed by atoms with E-state index < -0.39 is 0 Å². The van der Waals surface area contributed by atoms with E-state index in [9.17, 15) is 0 Å². The van der Waals surface area contributed by atoms with Crippen molar-refractivity contribution in [2.45, 2.75) is 32.6 Å². The first-order valence-electron chi connectivity index (χ1n) is 4.11. The fourth-order valence-corrected chi connectivity index (χ4v) is 1.39. The van der Waals surface area contributed by atoms with Crippen molar-refractivity contribution in [1.29, 1.82) is 0 Å². The van der Waals surface area contributed by atoms with Gasteiger partial charge in [-0.05, 0) is 31.6 Å². The molecule has 1 aliphatic rings. The average Bonchev–Trinajstić information content (AvgIpc) is 1.95. The highest BCUT2D eigenvalue weighted by atomic mass is 16.2. The zero-order valence-corrected chi connectivity index (χ0v) is 6.64. The lowest BCUT2D eigenvalue weighted by atomic mass is 9.90. The van der Waals surface area contributed by atoms with E-state index in [0.717, 1.165) is 12.3 Å². The van der Waals surface area contributed by atoms with Gasteiger partial charge in [0.25, 0.3) is 0 Å². The first-order chi connectivity index (χ1) is 4.83. The molecule has 0 saturated carbocycles. The molecule has 1 nitrogen and oxygen atoms in total. The van der Waals surface area contributed by atoms with Gasteiger partial charge in [-0.25, -0.2) is 0 Å². The van der Waals surface area contributed by atoms with Crippen LogP contribution in [0.15, 0.2) is 11.6 Å². The molecule has 1 rings (SSSR count). The van der Waals surface area contributed by atoms with Crippen LogP contribution in [0.25, 0.3) is 0 Å². The minimum atomic E-state index is 0.320. The van der Waals surface area contributed by atoms with Crippen LogP contribution < -0.4 is 0 Å². The summed E-state index contributed by atoms with van der Waals surface area (Å²) in [6.07, 6.45) is 6.93. The summed E-state index contributed by atoms with van der Waals surface area (Å²) in [7, 11) is 0. The highest BCUT2D eigenvalue weighted by molar-refractivity contribution is 5.05. The van der Waals surface area contributed by atoms with Crippen LogP contribution in [0.1, 0.15) is 32.6 Å². The third-order valence-electron chi connectivity index (χ3n) is 2.20. The highest BCUT2D eigenvalue weighted by Crippen LogP contribution is 2.24. The molecule has 0 aromatic heterocycles. The molecule has 1 unspecified atom stereocenters. The number of rotatable bonds is 2. The van der Waals surface area contributed by atoms with Crippen LogP contribution >= 0.6 is 0 Å². The predicted molar refractivity (Wildman–Crippen MR) is 42.8 cm³/mol. The largest absolute Gasteiger partial charge is 0.396 e. The molecule has 0 heterocycles. The van der Waals surface area contributed by atoms with Gasteiger partial charge in [-0.15, -0.1) is 0 Å². The first kappa shape index (κ1) is 7.80. The van der Waals surface area contributed by atoms with Crippen molar-refractivity contribution in [3.63, 3.8) is 0 Å². The fraction of sp³-hybridized carbons (Fsp3) is 0.778. The van der Waals surface area contributed by atoms with Gasteiger partial charge in [-0.2, -0.15) is 0 Å². The number of aliphatic hydroxyl groups is 1. The molecule has 0 aromatic rings. The highest BCUT2D eigenvalue weighted by Gasteiger charge is 2.08. The molecular weight excluding hydrogens is 124 g/mol. The summed E-state index contributed by atoms with van der Waals surface area (Å²) in [5.41, 5.74) is 1.46. The maximum atomic E-state index is 8.64. The van der Waals surface area contributed by atoms with E-state index >= 15 is 0 Å². The smallest absolute Gasteiger partial charge is 0.0468 e. The molecule has 0 radical (unpaired) electrons. The van der Waals surface area contributed by atoms with Crippen LogP contribution in [0, 0.1) is 5.92 Å². The van der Waals surface area contributed by atoms with Gasteiger partial charge in [-0.1, -0.05) is 18.6 Å². The van der Waals surface area contributed by atoms with Crippen molar-refractivity contribution >= 4 is 0 Å². The molecule has 0 spiro atoms. The zero-order chi connectivity index (χ0) is 7.40. The molecule has 0 bridgehead atoms. The van der Waals surface area contributed by atoms with Gasteiger partial charge < -0.3 is 5.11 Å². The normalized spacial score (nSPS) is 26.2. The van der Waals surface area contributed by atoms with Crippen molar-refractivity contribution in [3.05, 3.63) is 11.6 Å². The molecule has 10 heavy (non-hydrogen) atoms. The summed E-state index contributed by atoms with van der Waals surface area (Å²) in [4.78, 5) is 0. The number of hydrogen-bond acceptors (Lipinski definition) is 1. The quantitative estimate of drug-likeness (QED) is 0.582. The molecule has 1 N–H and O–H groups in total. The van der Waals surface area contributed by atoms with Crippen molar-refractivity contribution in [3.8, 4) is 0 Å². The Hall–Kier alpha value is -0.300. The number of hydrogen-bond donors (Lipinski definition) is 1. The van der Waals surface area contributed by atoms with Gasteiger partial charge >= 0.3 is 0 Å². The zero-order valence-electron chi connectivity index (χ0n) is 6.64. The van der Waals surface area contributed by atoms with E-state index in [1.807, 2.05) is 0 Å². The Balaban J connectivity index is 2.33. The summed E-state index contributed by atoms with van der Waals surface area (Å²) < 4.78 is 0. The third kappa shape index (κ3) is 2.14. The summed E-state index contributed by atoms with van der Waals surface area (Å²) in [6.45, 7) is 2.60. The Kier molecular flexibility index (Phi) is 2.94. The minimum absolute atomic E-state index is 0.320. The molecule has 0 amide bonds. The van der Waals surface area contributed by atoms with Gasteiger partial charge in [0.2, 0.25) is 0 Å². The molecule has 0 aromatic carbocycles. The van der Waals surface area contributed by atoms with E-state index in [4.69, 9.17) is 5.11 Å². The number of allylic oxidation sites excluding steroid dienone is 1. The van der Waals surface area contributed by atoms with Crippen molar-refractivity contribution < 1.29 is 5.11 Å². The molecule has 1 heteroatoms. The summed E-state index contributed by atoms with van der Waals surface area (Å²) in [5, 5.41) is 8.64. The van der Waals surface area contributed by atoms with Crippen molar-refractivity contribution in [2.24, 2.45) is 5.92 Å². The van der Waals surface area contributed by atoms with Crippen LogP contribution in [-0.4, -0.2) is 11.7 Å². The second kappa shape index (κ2) is 3.77. The lowest BCUT2D eigenvalue weighted by Gasteiger charge is -2.17. The molecule has 0 saturated heterocycles. The predicted octanol–water partition coefficient (Wildman–Crippen LogP) is 2.12. The molecule has 0 aliphatic heterocycles. The Bertz CT molecular complexity index is 127. The SMILES string of the molecule is CC1CC=C(CCO)CC1. The summed E-state index contributed by atoms with van der Waals surface area (Å²) in [5.74, 6) is 0.863. The summed E-state index contributed by atoms with van der Waals surface area (Å²) in [6, 6.07) is 0. The second-order valence-electron chi connectivity index (χ2n) is 3.22. The Morgan fingerprint density at radius 2 is 2.50 bits per heavy atom. The molecular formula is C9H16O. The Morgan fingerprint density at radius 3 is 3.00 bits per heavy atom. The van der Waals surface area contributed by atoms with E-state index in [-0.39, 0.29) is 0 Å². The van der Waals surface area contributed by atoms with Crippen LogP contribution in [0.4, 0.5) is 0 Å². The molecule has 58 valence electrons. The van der Waals surface area contributed by atoms with Crippen LogP contribution in [0.2, 0.25) is 0 Å². The van der Waals surface area contributed by atoms with Crippen LogP contribution in [-0.2, 0) is 0 Å².